The summed E-state index contributed by atoms with van der Waals surface area (Å²) >= 11 is 0. The van der Waals surface area contributed by atoms with Crippen molar-refractivity contribution >= 4 is 10.8 Å². The first-order valence-electron chi connectivity index (χ1n) is 7.51. The van der Waals surface area contributed by atoms with Gasteiger partial charge in [0.1, 0.15) is 17.2 Å². The first kappa shape index (κ1) is 15.0. The molecule has 0 amide bonds. The summed E-state index contributed by atoms with van der Waals surface area (Å²) < 4.78 is 23.1. The van der Waals surface area contributed by atoms with Crippen molar-refractivity contribution < 1.29 is 18.9 Å². The highest BCUT2D eigenvalue weighted by Crippen LogP contribution is 2.49. The molecular weight excluding hydrogens is 280 g/mol. The fourth-order valence-electron chi connectivity index (χ4n) is 3.51. The highest BCUT2D eigenvalue weighted by atomic mass is 16.5. The van der Waals surface area contributed by atoms with E-state index in [1.165, 1.54) is 5.56 Å². The van der Waals surface area contributed by atoms with E-state index in [1.54, 1.807) is 21.3 Å². The van der Waals surface area contributed by atoms with Crippen molar-refractivity contribution in [3.63, 3.8) is 0 Å². The summed E-state index contributed by atoms with van der Waals surface area (Å²) in [6.45, 7) is 4.14. The average molecular weight is 302 g/mol. The molecule has 0 aliphatic carbocycles. The number of rotatable bonds is 3. The maximum atomic E-state index is 6.00. The molecule has 118 valence electrons. The molecule has 1 aliphatic heterocycles. The highest BCUT2D eigenvalue weighted by Gasteiger charge is 2.31. The van der Waals surface area contributed by atoms with Crippen LogP contribution in [0.4, 0.5) is 0 Å². The average Bonchev–Trinajstić information content (AvgIpc) is 2.51. The molecule has 0 spiro atoms. The second-order valence-corrected chi connectivity index (χ2v) is 5.63. The molecule has 0 aromatic heterocycles. The molecule has 0 bridgehead atoms. The molecule has 2 atom stereocenters. The highest BCUT2D eigenvalue weighted by molar-refractivity contribution is 6.00. The molecule has 2 aromatic rings. The minimum atomic E-state index is -0.0445. The molecule has 22 heavy (non-hydrogen) atoms. The number of methoxy groups -OCH3 is 3. The van der Waals surface area contributed by atoms with E-state index < -0.39 is 0 Å². The Kier molecular flexibility index (Phi) is 3.87. The van der Waals surface area contributed by atoms with Crippen LogP contribution in [0.25, 0.3) is 10.8 Å². The lowest BCUT2D eigenvalue weighted by Gasteiger charge is -2.32. The fraction of sp³-hybridized carbons (Fsp3) is 0.444. The third-order valence-electron chi connectivity index (χ3n) is 4.30. The van der Waals surface area contributed by atoms with Crippen molar-refractivity contribution in [1.29, 1.82) is 0 Å². The van der Waals surface area contributed by atoms with E-state index in [4.69, 9.17) is 18.9 Å². The Morgan fingerprint density at radius 2 is 1.73 bits per heavy atom. The van der Waals surface area contributed by atoms with E-state index in [1.807, 2.05) is 18.2 Å². The van der Waals surface area contributed by atoms with Gasteiger partial charge in [-0.2, -0.15) is 0 Å². The zero-order valence-corrected chi connectivity index (χ0v) is 13.7. The van der Waals surface area contributed by atoms with E-state index in [0.29, 0.717) is 0 Å². The summed E-state index contributed by atoms with van der Waals surface area (Å²) in [5.41, 5.74) is 2.24. The van der Waals surface area contributed by atoms with E-state index in [-0.39, 0.29) is 12.2 Å². The van der Waals surface area contributed by atoms with Crippen LogP contribution in [0.15, 0.2) is 18.2 Å². The van der Waals surface area contributed by atoms with Crippen LogP contribution < -0.4 is 14.2 Å². The molecule has 4 nitrogen and oxygen atoms in total. The molecular formula is C18H22O4. The number of fused-ring (bicyclic) bond motifs is 2. The summed E-state index contributed by atoms with van der Waals surface area (Å²) in [5.74, 6) is 2.50. The first-order chi connectivity index (χ1) is 10.6. The van der Waals surface area contributed by atoms with Crippen molar-refractivity contribution in [3.8, 4) is 17.2 Å². The summed E-state index contributed by atoms with van der Waals surface area (Å²) in [6.07, 6.45) is 0.924. The summed E-state index contributed by atoms with van der Waals surface area (Å²) in [5, 5.41) is 1.95. The van der Waals surface area contributed by atoms with Crippen LogP contribution in [0.2, 0.25) is 0 Å². The van der Waals surface area contributed by atoms with Gasteiger partial charge in [0.15, 0.2) is 0 Å². The number of benzene rings is 2. The Balaban J connectivity index is 2.47. The topological polar surface area (TPSA) is 36.9 Å². The number of hydrogen-bond donors (Lipinski definition) is 0. The standard InChI is InChI=1S/C18H22O4/c1-10-9-13-15(11(2)22-10)18(21-5)16-12(17(13)20-4)7-6-8-14(16)19-3/h6-8,10-11H,9H2,1-5H3/t10-,11+/m0/s1. The van der Waals surface area contributed by atoms with Crippen LogP contribution in [-0.4, -0.2) is 27.4 Å². The quantitative estimate of drug-likeness (QED) is 0.862. The predicted molar refractivity (Wildman–Crippen MR) is 86.3 cm³/mol. The van der Waals surface area contributed by atoms with E-state index in [9.17, 15) is 0 Å². The molecule has 1 aliphatic rings. The minimum absolute atomic E-state index is 0.0445. The SMILES string of the molecule is COc1c2c(c(OC)c3c(OC)cccc13)[C@@H](C)O[C@@H](C)C2. The zero-order chi connectivity index (χ0) is 15.9. The lowest BCUT2D eigenvalue weighted by molar-refractivity contribution is -0.00647. The molecule has 3 rings (SSSR count). The molecule has 0 fully saturated rings. The van der Waals surface area contributed by atoms with Gasteiger partial charge in [0, 0.05) is 22.9 Å². The Hall–Kier alpha value is -1.94. The lowest BCUT2D eigenvalue weighted by Crippen LogP contribution is -2.23. The molecule has 0 N–H and O–H groups in total. The molecule has 2 aromatic carbocycles. The Morgan fingerprint density at radius 3 is 2.36 bits per heavy atom. The normalized spacial score (nSPS) is 20.6. The monoisotopic (exact) mass is 302 g/mol. The Morgan fingerprint density at radius 1 is 1.00 bits per heavy atom. The van der Waals surface area contributed by atoms with Gasteiger partial charge in [-0.3, -0.25) is 0 Å². The van der Waals surface area contributed by atoms with Crippen LogP contribution in [0.3, 0.4) is 0 Å². The van der Waals surface area contributed by atoms with Gasteiger partial charge in [0.05, 0.1) is 38.9 Å². The summed E-state index contributed by atoms with van der Waals surface area (Å²) in [4.78, 5) is 0. The van der Waals surface area contributed by atoms with Crippen molar-refractivity contribution in [2.75, 3.05) is 21.3 Å². The van der Waals surface area contributed by atoms with Crippen LogP contribution >= 0.6 is 0 Å². The number of ether oxygens (including phenoxy) is 4. The Labute approximate surface area is 130 Å². The van der Waals surface area contributed by atoms with Gasteiger partial charge in [0.2, 0.25) is 0 Å². The molecule has 0 saturated carbocycles. The summed E-state index contributed by atoms with van der Waals surface area (Å²) in [6, 6.07) is 5.96. The van der Waals surface area contributed by atoms with Crippen LogP contribution in [0.5, 0.6) is 17.2 Å². The van der Waals surface area contributed by atoms with Gasteiger partial charge in [-0.1, -0.05) is 12.1 Å². The minimum Gasteiger partial charge on any atom is -0.496 e. The molecule has 4 heteroatoms. The van der Waals surface area contributed by atoms with Gasteiger partial charge in [-0.05, 0) is 19.9 Å². The predicted octanol–water partition coefficient (Wildman–Crippen LogP) is 3.89. The van der Waals surface area contributed by atoms with E-state index >= 15 is 0 Å². The largest absolute Gasteiger partial charge is 0.496 e. The van der Waals surface area contributed by atoms with Gasteiger partial charge < -0.3 is 18.9 Å². The van der Waals surface area contributed by atoms with Gasteiger partial charge in [0.25, 0.3) is 0 Å². The van der Waals surface area contributed by atoms with Gasteiger partial charge in [-0.25, -0.2) is 0 Å². The zero-order valence-electron chi connectivity index (χ0n) is 13.7. The van der Waals surface area contributed by atoms with Crippen LogP contribution in [0.1, 0.15) is 31.1 Å². The maximum Gasteiger partial charge on any atom is 0.136 e. The first-order valence-corrected chi connectivity index (χ1v) is 7.51. The number of hydrogen-bond acceptors (Lipinski definition) is 4. The fourth-order valence-corrected chi connectivity index (χ4v) is 3.51. The van der Waals surface area contributed by atoms with Crippen molar-refractivity contribution in [3.05, 3.63) is 29.3 Å². The Bertz CT molecular complexity index is 708. The second kappa shape index (κ2) is 5.69. The molecule has 1 heterocycles. The van der Waals surface area contributed by atoms with Gasteiger partial charge in [-0.15, -0.1) is 0 Å². The second-order valence-electron chi connectivity index (χ2n) is 5.63. The third kappa shape index (κ3) is 2.10. The van der Waals surface area contributed by atoms with E-state index in [0.717, 1.165) is 40.0 Å². The summed E-state index contributed by atoms with van der Waals surface area (Å²) in [7, 11) is 5.08. The van der Waals surface area contributed by atoms with Crippen LogP contribution in [-0.2, 0) is 11.2 Å². The van der Waals surface area contributed by atoms with Crippen molar-refractivity contribution in [2.45, 2.75) is 32.5 Å². The van der Waals surface area contributed by atoms with Crippen molar-refractivity contribution in [1.82, 2.24) is 0 Å². The molecule has 0 unspecified atom stereocenters. The maximum absolute atomic E-state index is 6.00. The molecule has 0 saturated heterocycles. The lowest BCUT2D eigenvalue weighted by atomic mass is 9.89. The van der Waals surface area contributed by atoms with E-state index in [2.05, 4.69) is 13.8 Å². The van der Waals surface area contributed by atoms with Crippen LogP contribution in [0, 0.1) is 0 Å². The smallest absolute Gasteiger partial charge is 0.136 e. The van der Waals surface area contributed by atoms with Gasteiger partial charge >= 0.3 is 0 Å². The third-order valence-corrected chi connectivity index (χ3v) is 4.30. The molecule has 0 radical (unpaired) electrons. The van der Waals surface area contributed by atoms with Crippen molar-refractivity contribution in [2.24, 2.45) is 0 Å².